The van der Waals surface area contributed by atoms with Gasteiger partial charge in [0.1, 0.15) is 5.82 Å². The quantitative estimate of drug-likeness (QED) is 0.717. The Balaban J connectivity index is 1.44. The largest absolute Gasteiger partial charge is 0.384 e. The van der Waals surface area contributed by atoms with Crippen molar-refractivity contribution in [3.05, 3.63) is 59.3 Å². The summed E-state index contributed by atoms with van der Waals surface area (Å²) >= 11 is 0. The molecule has 3 rings (SSSR count). The molecule has 0 radical (unpaired) electrons. The van der Waals surface area contributed by atoms with E-state index >= 15 is 0 Å². The zero-order valence-electron chi connectivity index (χ0n) is 17.4. The molecule has 5 nitrogen and oxygen atoms in total. The fraction of sp³-hybridized carbons (Fsp3) is 0.458. The van der Waals surface area contributed by atoms with Gasteiger partial charge in [-0.1, -0.05) is 36.4 Å². The molecule has 2 aromatic rings. The highest BCUT2D eigenvalue weighted by molar-refractivity contribution is 5.89. The lowest BCUT2D eigenvalue weighted by atomic mass is 9.96. The van der Waals surface area contributed by atoms with E-state index in [4.69, 9.17) is 5.73 Å². The Morgan fingerprint density at radius 3 is 2.66 bits per heavy atom. The minimum atomic E-state index is -0.460. The first-order valence-electron chi connectivity index (χ1n) is 10.5. The third-order valence-corrected chi connectivity index (χ3v) is 5.98. The fourth-order valence-corrected chi connectivity index (χ4v) is 4.21. The number of amides is 1. The molecule has 1 heterocycles. The smallest absolute Gasteiger partial charge is 0.223 e. The second-order valence-corrected chi connectivity index (χ2v) is 8.24. The number of hydrogen-bond acceptors (Lipinski definition) is 4. The molecule has 1 aromatic heterocycles. The van der Waals surface area contributed by atoms with E-state index in [0.29, 0.717) is 24.6 Å². The summed E-state index contributed by atoms with van der Waals surface area (Å²) in [6.45, 7) is 3.68. The molecule has 1 aliphatic rings. The van der Waals surface area contributed by atoms with Gasteiger partial charge in [0.2, 0.25) is 5.91 Å². The molecule has 1 amide bonds. The van der Waals surface area contributed by atoms with Crippen LogP contribution in [0.1, 0.15) is 49.4 Å². The number of nitrogens with two attached hydrogens (primary N) is 1. The lowest BCUT2D eigenvalue weighted by Gasteiger charge is -2.17. The lowest BCUT2D eigenvalue weighted by molar-refractivity contribution is -0.129. The molecule has 1 fully saturated rings. The minimum Gasteiger partial charge on any atom is -0.384 e. The summed E-state index contributed by atoms with van der Waals surface area (Å²) in [7, 11) is 0. The zero-order chi connectivity index (χ0) is 20.8. The number of carbonyl (C=O) groups is 2. The van der Waals surface area contributed by atoms with E-state index in [1.807, 2.05) is 19.1 Å². The molecular weight excluding hydrogens is 362 g/mol. The van der Waals surface area contributed by atoms with Gasteiger partial charge < -0.3 is 11.1 Å². The number of pyridine rings is 1. The van der Waals surface area contributed by atoms with Crippen molar-refractivity contribution in [2.75, 3.05) is 5.73 Å². The molecule has 0 saturated heterocycles. The van der Waals surface area contributed by atoms with Crippen LogP contribution in [0.2, 0.25) is 0 Å². The molecule has 1 aliphatic carbocycles. The van der Waals surface area contributed by atoms with E-state index in [9.17, 15) is 9.59 Å². The standard InChI is InChI=1S/C24H31N3O2/c1-16-20(11-13-23(25)26-16)10-12-22(28)17(2)27-24(29)21-9-8-19(15-21)14-18-6-4-3-5-7-18/h3-7,11,13,17,19,21H,8-10,12,14-15H2,1-2H3,(H2,25,26)(H,27,29)/t17-,19?,21+/m0/s1. The Kier molecular flexibility index (Phi) is 7.02. The van der Waals surface area contributed by atoms with E-state index in [1.165, 1.54) is 5.56 Å². The monoisotopic (exact) mass is 393 g/mol. The van der Waals surface area contributed by atoms with Crippen molar-refractivity contribution in [3.8, 4) is 0 Å². The fourth-order valence-electron chi connectivity index (χ4n) is 4.21. The number of nitrogens with zero attached hydrogens (tertiary/aromatic N) is 1. The number of rotatable bonds is 8. The first kappa shape index (κ1) is 21.0. The van der Waals surface area contributed by atoms with Gasteiger partial charge in [0.05, 0.1) is 6.04 Å². The first-order valence-corrected chi connectivity index (χ1v) is 10.5. The van der Waals surface area contributed by atoms with Gasteiger partial charge in [-0.15, -0.1) is 0 Å². The van der Waals surface area contributed by atoms with Gasteiger partial charge in [0.15, 0.2) is 5.78 Å². The summed E-state index contributed by atoms with van der Waals surface area (Å²) < 4.78 is 0. The predicted octanol–water partition coefficient (Wildman–Crippen LogP) is 3.64. The minimum absolute atomic E-state index is 0.0162. The predicted molar refractivity (Wildman–Crippen MR) is 115 cm³/mol. The average Bonchev–Trinajstić information content (AvgIpc) is 3.16. The van der Waals surface area contributed by atoms with Crippen molar-refractivity contribution in [1.29, 1.82) is 0 Å². The van der Waals surface area contributed by atoms with Gasteiger partial charge in [-0.3, -0.25) is 9.59 Å². The van der Waals surface area contributed by atoms with Gasteiger partial charge >= 0.3 is 0 Å². The number of nitrogen functional groups attached to an aromatic ring is 1. The van der Waals surface area contributed by atoms with Gasteiger partial charge in [0, 0.05) is 18.0 Å². The SMILES string of the molecule is Cc1nc(N)ccc1CCC(=O)[C@H](C)NC(=O)[C@@H]1CCC(Cc2ccccc2)C1. The number of anilines is 1. The topological polar surface area (TPSA) is 85.1 Å². The summed E-state index contributed by atoms with van der Waals surface area (Å²) in [6.07, 6.45) is 4.89. The molecular formula is C24H31N3O2. The number of ketones is 1. The summed E-state index contributed by atoms with van der Waals surface area (Å²) in [5.74, 6) is 1.11. The first-order chi connectivity index (χ1) is 13.9. The highest BCUT2D eigenvalue weighted by Crippen LogP contribution is 2.33. The Morgan fingerprint density at radius 1 is 1.17 bits per heavy atom. The molecule has 154 valence electrons. The van der Waals surface area contributed by atoms with Crippen molar-refractivity contribution in [3.63, 3.8) is 0 Å². The number of nitrogens with one attached hydrogen (secondary N) is 1. The second-order valence-electron chi connectivity index (χ2n) is 8.24. The Bertz CT molecular complexity index is 850. The van der Waals surface area contributed by atoms with Crippen LogP contribution in [0.4, 0.5) is 5.82 Å². The molecule has 3 N–H and O–H groups in total. The van der Waals surface area contributed by atoms with Crippen LogP contribution < -0.4 is 11.1 Å². The van der Waals surface area contributed by atoms with Crippen LogP contribution in [0.3, 0.4) is 0 Å². The third kappa shape index (κ3) is 5.89. The van der Waals surface area contributed by atoms with E-state index in [0.717, 1.165) is 36.9 Å². The number of Topliss-reactive ketones (excluding diaryl/α,β-unsaturated/α-hetero) is 1. The molecule has 5 heteroatoms. The number of hydrogen-bond donors (Lipinski definition) is 2. The maximum absolute atomic E-state index is 12.6. The van der Waals surface area contributed by atoms with E-state index in [-0.39, 0.29) is 17.6 Å². The number of aromatic nitrogens is 1. The second kappa shape index (κ2) is 9.68. The number of benzene rings is 1. The normalized spacial score (nSPS) is 19.7. The summed E-state index contributed by atoms with van der Waals surface area (Å²) in [6, 6.07) is 13.6. The van der Waals surface area contributed by atoms with Gasteiger partial charge in [-0.25, -0.2) is 4.98 Å². The Hall–Kier alpha value is -2.69. The summed E-state index contributed by atoms with van der Waals surface area (Å²) in [4.78, 5) is 29.4. The van der Waals surface area contributed by atoms with E-state index < -0.39 is 6.04 Å². The highest BCUT2D eigenvalue weighted by atomic mass is 16.2. The number of carbonyl (C=O) groups excluding carboxylic acids is 2. The van der Waals surface area contributed by atoms with Crippen LogP contribution in [-0.4, -0.2) is 22.7 Å². The zero-order valence-corrected chi connectivity index (χ0v) is 17.4. The van der Waals surface area contributed by atoms with Crippen molar-refractivity contribution < 1.29 is 9.59 Å². The molecule has 0 bridgehead atoms. The van der Waals surface area contributed by atoms with Crippen LogP contribution in [0.15, 0.2) is 42.5 Å². The van der Waals surface area contributed by atoms with Crippen LogP contribution in [0, 0.1) is 18.8 Å². The van der Waals surface area contributed by atoms with E-state index in [2.05, 4.69) is 34.6 Å². The molecule has 0 spiro atoms. The molecule has 1 aromatic carbocycles. The third-order valence-electron chi connectivity index (χ3n) is 5.98. The molecule has 1 saturated carbocycles. The lowest BCUT2D eigenvalue weighted by Crippen LogP contribution is -2.41. The van der Waals surface area contributed by atoms with Crippen LogP contribution in [0.25, 0.3) is 0 Å². The summed E-state index contributed by atoms with van der Waals surface area (Å²) in [5.41, 5.74) is 8.87. The Morgan fingerprint density at radius 2 is 1.93 bits per heavy atom. The molecule has 3 atom stereocenters. The van der Waals surface area contributed by atoms with Crippen molar-refractivity contribution in [1.82, 2.24) is 10.3 Å². The number of aryl methyl sites for hydroxylation is 2. The van der Waals surface area contributed by atoms with Gasteiger partial charge in [-0.05, 0) is 69.1 Å². The maximum Gasteiger partial charge on any atom is 0.223 e. The summed E-state index contributed by atoms with van der Waals surface area (Å²) in [5, 5.41) is 2.94. The van der Waals surface area contributed by atoms with Gasteiger partial charge in [-0.2, -0.15) is 0 Å². The van der Waals surface area contributed by atoms with Crippen LogP contribution in [-0.2, 0) is 22.4 Å². The molecule has 0 aliphatic heterocycles. The van der Waals surface area contributed by atoms with Crippen LogP contribution in [0.5, 0.6) is 0 Å². The van der Waals surface area contributed by atoms with Gasteiger partial charge in [0.25, 0.3) is 0 Å². The van der Waals surface area contributed by atoms with Crippen molar-refractivity contribution in [2.45, 2.75) is 58.4 Å². The Labute approximate surface area is 173 Å². The van der Waals surface area contributed by atoms with E-state index in [1.54, 1.807) is 13.0 Å². The molecule has 29 heavy (non-hydrogen) atoms. The van der Waals surface area contributed by atoms with Crippen molar-refractivity contribution >= 4 is 17.5 Å². The highest BCUT2D eigenvalue weighted by Gasteiger charge is 2.31. The molecule has 1 unspecified atom stereocenters. The van der Waals surface area contributed by atoms with Crippen molar-refractivity contribution in [2.24, 2.45) is 11.8 Å². The van der Waals surface area contributed by atoms with Crippen LogP contribution >= 0.6 is 0 Å². The maximum atomic E-state index is 12.6. The average molecular weight is 394 g/mol.